The van der Waals surface area contributed by atoms with E-state index in [1.807, 2.05) is 28.8 Å². The van der Waals surface area contributed by atoms with E-state index in [1.54, 1.807) is 7.05 Å². The molecule has 0 saturated carbocycles. The van der Waals surface area contributed by atoms with E-state index < -0.39 is 0 Å². The number of hydrogen-bond donors (Lipinski definition) is 0. The highest BCUT2D eigenvalue weighted by molar-refractivity contribution is 6.30. The van der Waals surface area contributed by atoms with Crippen LogP contribution in [0.4, 0.5) is 5.95 Å². The second-order valence-electron chi connectivity index (χ2n) is 5.99. The Morgan fingerprint density at radius 1 is 1.08 bits per heavy atom. The molecule has 0 amide bonds. The molecule has 0 unspecified atom stereocenters. The fourth-order valence-corrected chi connectivity index (χ4v) is 3.29. The lowest BCUT2D eigenvalue weighted by Gasteiger charge is -2.15. The van der Waals surface area contributed by atoms with Crippen molar-refractivity contribution in [1.29, 1.82) is 0 Å². The maximum Gasteiger partial charge on any atom is 0.332 e. The summed E-state index contributed by atoms with van der Waals surface area (Å²) in [5, 5.41) is 0.700. The molecule has 0 spiro atoms. The third-order valence-electron chi connectivity index (χ3n) is 4.49. The highest BCUT2D eigenvalue weighted by Crippen LogP contribution is 2.26. The molecular weight excluding hydrogens is 330 g/mol. The van der Waals surface area contributed by atoms with Gasteiger partial charge in [0.1, 0.15) is 0 Å². The molecule has 124 valence electrons. The van der Waals surface area contributed by atoms with Crippen LogP contribution in [-0.4, -0.2) is 25.2 Å². The van der Waals surface area contributed by atoms with Gasteiger partial charge in [0.15, 0.2) is 11.2 Å². The summed E-state index contributed by atoms with van der Waals surface area (Å²) >= 11 is 5.93. The van der Waals surface area contributed by atoms with E-state index in [-0.39, 0.29) is 11.2 Å². The second kappa shape index (κ2) is 5.24. The zero-order valence-corrected chi connectivity index (χ0v) is 14.1. The molecule has 0 atom stereocenters. The predicted octanol–water partition coefficient (Wildman–Crippen LogP) is 1.11. The second-order valence-corrected chi connectivity index (χ2v) is 6.43. The van der Waals surface area contributed by atoms with Crippen molar-refractivity contribution in [2.75, 3.05) is 11.4 Å². The highest BCUT2D eigenvalue weighted by atomic mass is 35.5. The number of anilines is 1. The van der Waals surface area contributed by atoms with E-state index in [1.165, 1.54) is 11.6 Å². The Morgan fingerprint density at radius 3 is 2.50 bits per heavy atom. The van der Waals surface area contributed by atoms with Crippen LogP contribution in [0, 0.1) is 0 Å². The Kier molecular flexibility index (Phi) is 3.28. The zero-order valence-electron chi connectivity index (χ0n) is 13.4. The first-order chi connectivity index (χ1) is 11.5. The molecule has 0 N–H and O–H groups in total. The summed E-state index contributed by atoms with van der Waals surface area (Å²) in [5.41, 5.74) is 1.35. The fraction of sp³-hybridized carbons (Fsp3) is 0.312. The van der Waals surface area contributed by atoms with E-state index in [0.29, 0.717) is 29.3 Å². The minimum atomic E-state index is -0.367. The largest absolute Gasteiger partial charge is 0.336 e. The summed E-state index contributed by atoms with van der Waals surface area (Å²) in [5.74, 6) is 0.721. The van der Waals surface area contributed by atoms with Crippen LogP contribution in [0.15, 0.2) is 33.9 Å². The number of fused-ring (bicyclic) bond motifs is 3. The molecule has 0 saturated heterocycles. The van der Waals surface area contributed by atoms with Crippen LogP contribution in [0.3, 0.4) is 0 Å². The smallest absolute Gasteiger partial charge is 0.332 e. The first-order valence-electron chi connectivity index (χ1n) is 7.63. The molecule has 7 nitrogen and oxygen atoms in total. The number of hydrogen-bond acceptors (Lipinski definition) is 4. The molecule has 0 fully saturated rings. The minimum absolute atomic E-state index is 0.305. The summed E-state index contributed by atoms with van der Waals surface area (Å²) < 4.78 is 4.44. The number of rotatable bonds is 2. The molecule has 0 radical (unpaired) electrons. The van der Waals surface area contributed by atoms with Gasteiger partial charge in [-0.1, -0.05) is 23.7 Å². The zero-order chi connectivity index (χ0) is 17.0. The molecule has 3 heterocycles. The van der Waals surface area contributed by atoms with E-state index in [4.69, 9.17) is 11.6 Å². The van der Waals surface area contributed by atoms with Gasteiger partial charge in [-0.25, -0.2) is 4.79 Å². The van der Waals surface area contributed by atoms with Crippen LogP contribution < -0.4 is 16.1 Å². The molecule has 3 aromatic rings. The first kappa shape index (κ1) is 15.0. The summed E-state index contributed by atoms with van der Waals surface area (Å²) in [6.45, 7) is 2.12. The number of benzene rings is 1. The average Bonchev–Trinajstić information content (AvgIpc) is 3.13. The predicted molar refractivity (Wildman–Crippen MR) is 92.7 cm³/mol. The van der Waals surface area contributed by atoms with Gasteiger partial charge in [-0.05, 0) is 17.7 Å². The van der Waals surface area contributed by atoms with E-state index >= 15 is 0 Å². The molecule has 24 heavy (non-hydrogen) atoms. The number of halogens is 1. The summed E-state index contributed by atoms with van der Waals surface area (Å²) in [4.78, 5) is 31.2. The van der Waals surface area contributed by atoms with Gasteiger partial charge in [0.05, 0.1) is 0 Å². The maximum atomic E-state index is 12.5. The third-order valence-corrected chi connectivity index (χ3v) is 4.74. The first-order valence-corrected chi connectivity index (χ1v) is 8.01. The Balaban J connectivity index is 1.83. The van der Waals surface area contributed by atoms with Gasteiger partial charge in [-0.3, -0.25) is 13.9 Å². The van der Waals surface area contributed by atoms with Crippen molar-refractivity contribution in [3.05, 3.63) is 55.7 Å². The Labute approximate surface area is 142 Å². The lowest BCUT2D eigenvalue weighted by atomic mass is 10.2. The van der Waals surface area contributed by atoms with Crippen LogP contribution in [0.25, 0.3) is 11.2 Å². The van der Waals surface area contributed by atoms with E-state index in [2.05, 4.69) is 9.88 Å². The molecular formula is C16H16ClN5O2. The summed E-state index contributed by atoms with van der Waals surface area (Å²) in [7, 11) is 3.13. The number of imidazole rings is 1. The maximum absolute atomic E-state index is 12.5. The Hall–Kier alpha value is -2.54. The number of nitrogens with zero attached hydrogens (tertiary/aromatic N) is 5. The molecule has 2 aromatic heterocycles. The quantitative estimate of drug-likeness (QED) is 0.698. The van der Waals surface area contributed by atoms with Crippen LogP contribution in [0.5, 0.6) is 0 Å². The van der Waals surface area contributed by atoms with Gasteiger partial charge in [-0.15, -0.1) is 0 Å². The van der Waals surface area contributed by atoms with Gasteiger partial charge in [0, 0.05) is 38.8 Å². The molecule has 4 rings (SSSR count). The van der Waals surface area contributed by atoms with Gasteiger partial charge in [0.2, 0.25) is 5.95 Å². The van der Waals surface area contributed by atoms with Crippen molar-refractivity contribution in [3.8, 4) is 0 Å². The molecule has 0 bridgehead atoms. The van der Waals surface area contributed by atoms with Crippen molar-refractivity contribution in [2.24, 2.45) is 14.1 Å². The van der Waals surface area contributed by atoms with E-state index in [9.17, 15) is 9.59 Å². The standard InChI is InChI=1S/C16H16ClN5O2/c1-19-13-12(14(23)20(2)16(19)24)22-8-7-21(15(22)18-13)9-10-3-5-11(17)6-4-10/h3-6H,7-9H2,1-2H3. The Morgan fingerprint density at radius 2 is 1.79 bits per heavy atom. The molecule has 8 heteroatoms. The van der Waals surface area contributed by atoms with Gasteiger partial charge in [0.25, 0.3) is 5.56 Å². The number of aryl methyl sites for hydroxylation is 1. The summed E-state index contributed by atoms with van der Waals surface area (Å²) in [6.07, 6.45) is 0. The van der Waals surface area contributed by atoms with Crippen LogP contribution in [0.2, 0.25) is 5.02 Å². The van der Waals surface area contributed by atoms with Crippen LogP contribution >= 0.6 is 11.6 Å². The average molecular weight is 346 g/mol. The highest BCUT2D eigenvalue weighted by Gasteiger charge is 2.27. The topological polar surface area (TPSA) is 65.1 Å². The molecule has 1 aliphatic heterocycles. The van der Waals surface area contributed by atoms with Gasteiger partial charge in [-0.2, -0.15) is 4.98 Å². The van der Waals surface area contributed by atoms with Crippen molar-refractivity contribution in [3.63, 3.8) is 0 Å². The van der Waals surface area contributed by atoms with Crippen molar-refractivity contribution in [2.45, 2.75) is 13.1 Å². The van der Waals surface area contributed by atoms with E-state index in [0.717, 1.165) is 22.6 Å². The SMILES string of the molecule is Cn1c(=O)c2c(nc3n2CCN3Cc2ccc(Cl)cc2)n(C)c1=O. The molecule has 1 aromatic carbocycles. The third kappa shape index (κ3) is 2.08. The normalized spacial score (nSPS) is 13.7. The fourth-order valence-electron chi connectivity index (χ4n) is 3.17. The monoisotopic (exact) mass is 345 g/mol. The van der Waals surface area contributed by atoms with Crippen LogP contribution in [0.1, 0.15) is 5.56 Å². The van der Waals surface area contributed by atoms with Crippen molar-refractivity contribution < 1.29 is 0 Å². The lowest BCUT2D eigenvalue weighted by molar-refractivity contribution is 0.698. The lowest BCUT2D eigenvalue weighted by Crippen LogP contribution is -2.37. The van der Waals surface area contributed by atoms with Crippen molar-refractivity contribution >= 4 is 28.7 Å². The molecule has 1 aliphatic rings. The number of aromatic nitrogens is 4. The van der Waals surface area contributed by atoms with Gasteiger partial charge >= 0.3 is 5.69 Å². The minimum Gasteiger partial charge on any atom is -0.336 e. The van der Waals surface area contributed by atoms with Crippen molar-refractivity contribution in [1.82, 2.24) is 18.7 Å². The Bertz CT molecular complexity index is 1060. The summed E-state index contributed by atoms with van der Waals surface area (Å²) in [6, 6.07) is 7.66. The molecule has 0 aliphatic carbocycles. The van der Waals surface area contributed by atoms with Crippen LogP contribution in [-0.2, 0) is 27.2 Å². The van der Waals surface area contributed by atoms with Gasteiger partial charge < -0.3 is 9.47 Å².